The van der Waals surface area contributed by atoms with E-state index in [-0.39, 0.29) is 0 Å². The minimum absolute atomic E-state index is 0.316. The Morgan fingerprint density at radius 3 is 2.32 bits per heavy atom. The zero-order chi connectivity index (χ0) is 20.0. The van der Waals surface area contributed by atoms with Crippen LogP contribution in [0.25, 0.3) is 0 Å². The van der Waals surface area contributed by atoms with Crippen LogP contribution in [0.5, 0.6) is 0 Å². The second-order valence-electron chi connectivity index (χ2n) is 7.68. The van der Waals surface area contributed by atoms with Crippen molar-refractivity contribution < 1.29 is 8.42 Å². The van der Waals surface area contributed by atoms with Crippen molar-refractivity contribution in [2.24, 2.45) is 0 Å². The highest BCUT2D eigenvalue weighted by atomic mass is 32.2. The van der Waals surface area contributed by atoms with Crippen LogP contribution < -0.4 is 4.72 Å². The van der Waals surface area contributed by atoms with Gasteiger partial charge in [-0.1, -0.05) is 38.5 Å². The number of aryl methyl sites for hydroxylation is 1. The lowest BCUT2D eigenvalue weighted by molar-refractivity contribution is 0.288. The molecule has 0 saturated carbocycles. The maximum atomic E-state index is 12.8. The average Bonchev–Trinajstić information content (AvgIpc) is 2.89. The van der Waals surface area contributed by atoms with E-state index in [1.54, 1.807) is 12.1 Å². The van der Waals surface area contributed by atoms with E-state index in [2.05, 4.69) is 29.5 Å². The number of benzene rings is 2. The molecule has 0 radical (unpaired) electrons. The zero-order valence-electron chi connectivity index (χ0n) is 17.1. The highest BCUT2D eigenvalue weighted by Crippen LogP contribution is 2.23. The molecule has 3 rings (SSSR count). The van der Waals surface area contributed by atoms with E-state index in [1.807, 2.05) is 24.3 Å². The third-order valence-corrected chi connectivity index (χ3v) is 6.84. The summed E-state index contributed by atoms with van der Waals surface area (Å²) in [5, 5.41) is 0. The summed E-state index contributed by atoms with van der Waals surface area (Å²) in [5.41, 5.74) is 4.43. The highest BCUT2D eigenvalue weighted by Gasteiger charge is 2.17. The molecular formula is C23H32N2O2S. The number of unbranched alkanes of at least 4 members (excludes halogenated alkanes) is 1. The number of rotatable bonds is 8. The van der Waals surface area contributed by atoms with Gasteiger partial charge in [-0.05, 0) is 79.6 Å². The summed E-state index contributed by atoms with van der Waals surface area (Å²) in [7, 11) is -3.57. The predicted molar refractivity (Wildman–Crippen MR) is 116 cm³/mol. The molecule has 28 heavy (non-hydrogen) atoms. The van der Waals surface area contributed by atoms with Crippen molar-refractivity contribution in [3.63, 3.8) is 0 Å². The first kappa shape index (κ1) is 20.9. The van der Waals surface area contributed by atoms with Crippen LogP contribution in [-0.4, -0.2) is 33.0 Å². The third-order valence-electron chi connectivity index (χ3n) is 5.45. The van der Waals surface area contributed by atoms with Crippen LogP contribution in [-0.2, 0) is 29.3 Å². The Morgan fingerprint density at radius 1 is 0.929 bits per heavy atom. The second kappa shape index (κ2) is 9.57. The monoisotopic (exact) mass is 400 g/mol. The molecule has 1 heterocycles. The fourth-order valence-corrected chi connectivity index (χ4v) is 4.85. The lowest BCUT2D eigenvalue weighted by Crippen LogP contribution is -2.27. The van der Waals surface area contributed by atoms with E-state index in [0.29, 0.717) is 10.6 Å². The van der Waals surface area contributed by atoms with Gasteiger partial charge in [0.2, 0.25) is 0 Å². The Hall–Kier alpha value is -1.85. The fourth-order valence-electron chi connectivity index (χ4n) is 3.81. The number of sulfonamides is 1. The van der Waals surface area contributed by atoms with Crippen molar-refractivity contribution in [1.29, 1.82) is 0 Å². The van der Waals surface area contributed by atoms with Gasteiger partial charge in [0.1, 0.15) is 0 Å². The molecule has 0 atom stereocenters. The van der Waals surface area contributed by atoms with Gasteiger partial charge in [-0.3, -0.25) is 4.72 Å². The number of anilines is 1. The van der Waals surface area contributed by atoms with E-state index in [0.717, 1.165) is 51.7 Å². The Labute approximate surface area is 170 Å². The van der Waals surface area contributed by atoms with Gasteiger partial charge >= 0.3 is 0 Å². The van der Waals surface area contributed by atoms with Crippen LogP contribution in [0.1, 0.15) is 49.8 Å². The topological polar surface area (TPSA) is 49.4 Å². The Kier molecular flexibility index (Phi) is 7.13. The molecule has 0 amide bonds. The number of hydrogen-bond donors (Lipinski definition) is 1. The predicted octanol–water partition coefficient (Wildman–Crippen LogP) is 4.64. The normalized spacial score (nSPS) is 15.1. The quantitative estimate of drug-likeness (QED) is 0.702. The molecule has 0 unspecified atom stereocenters. The minimum Gasteiger partial charge on any atom is -0.303 e. The molecule has 0 aromatic heterocycles. The fraction of sp³-hybridized carbons (Fsp3) is 0.478. The van der Waals surface area contributed by atoms with Gasteiger partial charge in [0, 0.05) is 18.8 Å². The summed E-state index contributed by atoms with van der Waals surface area (Å²) in [6.07, 6.45) is 6.41. The van der Waals surface area contributed by atoms with Gasteiger partial charge in [-0.25, -0.2) is 8.42 Å². The van der Waals surface area contributed by atoms with Crippen molar-refractivity contribution in [1.82, 2.24) is 4.90 Å². The van der Waals surface area contributed by atoms with Crippen LogP contribution in [0.2, 0.25) is 0 Å². The van der Waals surface area contributed by atoms with E-state index >= 15 is 0 Å². The molecule has 4 nitrogen and oxygen atoms in total. The maximum Gasteiger partial charge on any atom is 0.261 e. The number of hydrogen-bond acceptors (Lipinski definition) is 3. The largest absolute Gasteiger partial charge is 0.303 e. The molecular weight excluding hydrogens is 368 g/mol. The first-order valence-electron chi connectivity index (χ1n) is 10.5. The van der Waals surface area contributed by atoms with Crippen molar-refractivity contribution in [3.8, 4) is 0 Å². The molecule has 0 spiro atoms. The number of fused-ring (bicyclic) bond motifs is 1. The van der Waals surface area contributed by atoms with E-state index < -0.39 is 10.0 Å². The summed E-state index contributed by atoms with van der Waals surface area (Å²) >= 11 is 0. The van der Waals surface area contributed by atoms with Gasteiger partial charge in [0.05, 0.1) is 4.90 Å². The first-order valence-corrected chi connectivity index (χ1v) is 12.0. The van der Waals surface area contributed by atoms with E-state index in [1.165, 1.54) is 23.1 Å². The van der Waals surface area contributed by atoms with Gasteiger partial charge in [0.25, 0.3) is 10.0 Å². The highest BCUT2D eigenvalue weighted by molar-refractivity contribution is 7.92. The molecule has 2 aromatic rings. The molecule has 1 aliphatic rings. The van der Waals surface area contributed by atoms with E-state index in [9.17, 15) is 8.42 Å². The van der Waals surface area contributed by atoms with Crippen LogP contribution >= 0.6 is 0 Å². The zero-order valence-corrected chi connectivity index (χ0v) is 17.9. The van der Waals surface area contributed by atoms with Gasteiger partial charge < -0.3 is 4.90 Å². The Morgan fingerprint density at radius 2 is 1.64 bits per heavy atom. The van der Waals surface area contributed by atoms with Crippen LogP contribution in [0.15, 0.2) is 47.4 Å². The molecule has 5 heteroatoms. The van der Waals surface area contributed by atoms with Gasteiger partial charge in [-0.15, -0.1) is 0 Å². The average molecular weight is 401 g/mol. The van der Waals surface area contributed by atoms with Crippen LogP contribution in [0.3, 0.4) is 0 Å². The van der Waals surface area contributed by atoms with Gasteiger partial charge in [-0.2, -0.15) is 0 Å². The molecule has 0 fully saturated rings. The smallest absolute Gasteiger partial charge is 0.261 e. The summed E-state index contributed by atoms with van der Waals surface area (Å²) in [6, 6.07) is 13.2. The van der Waals surface area contributed by atoms with Crippen molar-refractivity contribution in [2.75, 3.05) is 24.4 Å². The molecule has 1 N–H and O–H groups in total. The summed E-state index contributed by atoms with van der Waals surface area (Å²) in [4.78, 5) is 2.81. The van der Waals surface area contributed by atoms with Crippen molar-refractivity contribution in [2.45, 2.75) is 57.3 Å². The molecule has 0 bridgehead atoms. The molecule has 0 aliphatic carbocycles. The summed E-state index contributed by atoms with van der Waals surface area (Å²) in [5.74, 6) is 0. The van der Waals surface area contributed by atoms with Crippen molar-refractivity contribution >= 4 is 15.7 Å². The Balaban J connectivity index is 1.71. The maximum absolute atomic E-state index is 12.8. The van der Waals surface area contributed by atoms with Crippen molar-refractivity contribution in [3.05, 3.63) is 59.2 Å². The number of nitrogens with zero attached hydrogens (tertiary/aromatic N) is 1. The molecule has 0 saturated heterocycles. The number of nitrogens with one attached hydrogen (secondary N) is 1. The van der Waals surface area contributed by atoms with Crippen LogP contribution in [0, 0.1) is 0 Å². The molecule has 2 aromatic carbocycles. The second-order valence-corrected chi connectivity index (χ2v) is 9.36. The third kappa shape index (κ3) is 5.36. The lowest BCUT2D eigenvalue weighted by atomic mass is 10.0. The van der Waals surface area contributed by atoms with E-state index in [4.69, 9.17) is 0 Å². The summed E-state index contributed by atoms with van der Waals surface area (Å²) < 4.78 is 28.3. The molecule has 152 valence electrons. The standard InChI is InChI=1S/C23H32N2O2S/c1-3-5-6-19-7-11-23(12-8-19)28(26,27)24-22-10-9-20-13-16-25(15-4-2)17-14-21(20)18-22/h7-12,18,24H,3-6,13-17H2,1-2H3. The Bertz CT molecular complexity index is 876. The van der Waals surface area contributed by atoms with Crippen LogP contribution in [0.4, 0.5) is 5.69 Å². The lowest BCUT2D eigenvalue weighted by Gasteiger charge is -2.18. The molecule has 1 aliphatic heterocycles. The van der Waals surface area contributed by atoms with Gasteiger partial charge in [0.15, 0.2) is 0 Å². The minimum atomic E-state index is -3.57. The SMILES string of the molecule is CCCCc1ccc(S(=O)(=O)Nc2ccc3c(c2)CCN(CCC)CC3)cc1. The summed E-state index contributed by atoms with van der Waals surface area (Å²) in [6.45, 7) is 7.61. The first-order chi connectivity index (χ1) is 13.5.